The molecule has 5 heteroatoms. The van der Waals surface area contributed by atoms with Gasteiger partial charge in [0.05, 0.1) is 0 Å². The first-order valence-electron chi connectivity index (χ1n) is 5.37. The Hall–Kier alpha value is -1.46. The summed E-state index contributed by atoms with van der Waals surface area (Å²) in [6, 6.07) is 6.19. The molecule has 2 heterocycles. The van der Waals surface area contributed by atoms with Crippen molar-refractivity contribution >= 4 is 11.8 Å². The monoisotopic (exact) mass is 246 g/mol. The lowest BCUT2D eigenvalue weighted by Gasteiger charge is -2.13. The molecule has 0 aliphatic rings. The van der Waals surface area contributed by atoms with Gasteiger partial charge in [-0.3, -0.25) is 0 Å². The van der Waals surface area contributed by atoms with E-state index in [-0.39, 0.29) is 6.04 Å². The summed E-state index contributed by atoms with van der Waals surface area (Å²) >= 11 is 1.56. The molecule has 0 spiro atoms. The van der Waals surface area contributed by atoms with E-state index in [4.69, 9.17) is 0 Å². The molecule has 88 valence electrons. The van der Waals surface area contributed by atoms with Gasteiger partial charge < -0.3 is 5.32 Å². The highest BCUT2D eigenvalue weighted by molar-refractivity contribution is 7.99. The first kappa shape index (κ1) is 12.0. The van der Waals surface area contributed by atoms with Crippen LogP contribution in [-0.4, -0.2) is 22.0 Å². The largest absolute Gasteiger partial charge is 0.313 e. The predicted molar refractivity (Wildman–Crippen MR) is 67.9 cm³/mol. The van der Waals surface area contributed by atoms with Crippen LogP contribution in [0.1, 0.15) is 18.5 Å². The van der Waals surface area contributed by atoms with Gasteiger partial charge in [-0.15, -0.1) is 0 Å². The van der Waals surface area contributed by atoms with E-state index in [1.807, 2.05) is 19.2 Å². The van der Waals surface area contributed by atoms with Crippen LogP contribution in [0.2, 0.25) is 0 Å². The van der Waals surface area contributed by atoms with E-state index in [0.717, 1.165) is 10.1 Å². The number of nitrogens with one attached hydrogen (secondary N) is 1. The van der Waals surface area contributed by atoms with Gasteiger partial charge in [0.2, 0.25) is 0 Å². The SMILES string of the molecule is CNC(C)c1cccnc1Sc1ccncn1. The standard InChI is InChI=1S/C12H14N4S/c1-9(13-2)10-4-3-6-15-12(10)17-11-5-7-14-8-16-11/h3-9,13H,1-2H3. The lowest BCUT2D eigenvalue weighted by atomic mass is 10.1. The van der Waals surface area contributed by atoms with Gasteiger partial charge in [0.15, 0.2) is 0 Å². The molecule has 17 heavy (non-hydrogen) atoms. The fraction of sp³-hybridized carbons (Fsp3) is 0.250. The molecule has 0 bridgehead atoms. The molecule has 2 aromatic heterocycles. The number of aromatic nitrogens is 3. The Morgan fingerprint density at radius 1 is 1.24 bits per heavy atom. The zero-order valence-corrected chi connectivity index (χ0v) is 10.6. The average Bonchev–Trinajstić information content (AvgIpc) is 2.40. The van der Waals surface area contributed by atoms with Crippen LogP contribution in [0.3, 0.4) is 0 Å². The number of rotatable bonds is 4. The molecule has 1 atom stereocenters. The van der Waals surface area contributed by atoms with Crippen LogP contribution in [0.5, 0.6) is 0 Å². The summed E-state index contributed by atoms with van der Waals surface area (Å²) in [5, 5.41) is 5.11. The van der Waals surface area contributed by atoms with Crippen LogP contribution in [0.15, 0.2) is 47.0 Å². The number of nitrogens with zero attached hydrogens (tertiary/aromatic N) is 3. The first-order chi connectivity index (χ1) is 8.31. The van der Waals surface area contributed by atoms with Gasteiger partial charge in [0.1, 0.15) is 16.4 Å². The topological polar surface area (TPSA) is 50.7 Å². The number of hydrogen-bond acceptors (Lipinski definition) is 5. The smallest absolute Gasteiger partial charge is 0.116 e. The molecular formula is C12H14N4S. The van der Waals surface area contributed by atoms with Gasteiger partial charge in [-0.25, -0.2) is 15.0 Å². The van der Waals surface area contributed by atoms with Gasteiger partial charge in [-0.2, -0.15) is 0 Å². The molecule has 4 nitrogen and oxygen atoms in total. The fourth-order valence-electron chi connectivity index (χ4n) is 1.41. The fourth-order valence-corrected chi connectivity index (χ4v) is 2.31. The molecule has 1 N–H and O–H groups in total. The van der Waals surface area contributed by atoms with Crippen LogP contribution in [0.25, 0.3) is 0 Å². The van der Waals surface area contributed by atoms with E-state index in [1.54, 1.807) is 30.5 Å². The summed E-state index contributed by atoms with van der Waals surface area (Å²) in [5.74, 6) is 0. The van der Waals surface area contributed by atoms with Crippen molar-refractivity contribution < 1.29 is 0 Å². The molecule has 0 aliphatic heterocycles. The van der Waals surface area contributed by atoms with Gasteiger partial charge in [0, 0.05) is 24.0 Å². The molecular weight excluding hydrogens is 232 g/mol. The Bertz CT molecular complexity index is 475. The van der Waals surface area contributed by atoms with Crippen molar-refractivity contribution in [2.75, 3.05) is 7.05 Å². The molecule has 0 saturated heterocycles. The zero-order chi connectivity index (χ0) is 12.1. The Morgan fingerprint density at radius 3 is 2.82 bits per heavy atom. The van der Waals surface area contributed by atoms with Gasteiger partial charge >= 0.3 is 0 Å². The molecule has 2 rings (SSSR count). The summed E-state index contributed by atoms with van der Waals surface area (Å²) in [4.78, 5) is 12.5. The molecule has 0 amide bonds. The third kappa shape index (κ3) is 3.01. The van der Waals surface area contributed by atoms with E-state index in [2.05, 4.69) is 33.3 Å². The van der Waals surface area contributed by atoms with Gasteiger partial charge in [-0.05, 0) is 37.9 Å². The first-order valence-corrected chi connectivity index (χ1v) is 6.19. The maximum atomic E-state index is 4.41. The Kier molecular flexibility index (Phi) is 4.06. The van der Waals surface area contributed by atoms with Gasteiger partial charge in [-0.1, -0.05) is 6.07 Å². The van der Waals surface area contributed by atoms with E-state index < -0.39 is 0 Å². The van der Waals surface area contributed by atoms with Crippen LogP contribution in [-0.2, 0) is 0 Å². The van der Waals surface area contributed by atoms with E-state index in [9.17, 15) is 0 Å². The highest BCUT2D eigenvalue weighted by Crippen LogP contribution is 2.29. The summed E-state index contributed by atoms with van der Waals surface area (Å²) in [5.41, 5.74) is 1.18. The second kappa shape index (κ2) is 5.75. The number of pyridine rings is 1. The van der Waals surface area contributed by atoms with Crippen LogP contribution >= 0.6 is 11.8 Å². The molecule has 0 fully saturated rings. The summed E-state index contributed by atoms with van der Waals surface area (Å²) in [7, 11) is 1.94. The number of hydrogen-bond donors (Lipinski definition) is 1. The summed E-state index contributed by atoms with van der Waals surface area (Å²) in [6.07, 6.45) is 5.08. The second-order valence-corrected chi connectivity index (χ2v) is 4.57. The van der Waals surface area contributed by atoms with E-state index >= 15 is 0 Å². The quantitative estimate of drug-likeness (QED) is 0.839. The maximum absolute atomic E-state index is 4.41. The van der Waals surface area contributed by atoms with Crippen LogP contribution in [0, 0.1) is 0 Å². The highest BCUT2D eigenvalue weighted by atomic mass is 32.2. The Balaban J connectivity index is 2.27. The van der Waals surface area contributed by atoms with Crippen molar-refractivity contribution in [1.82, 2.24) is 20.3 Å². The minimum Gasteiger partial charge on any atom is -0.313 e. The minimum absolute atomic E-state index is 0.271. The normalized spacial score (nSPS) is 12.4. The molecule has 2 aromatic rings. The van der Waals surface area contributed by atoms with Crippen LogP contribution in [0.4, 0.5) is 0 Å². The van der Waals surface area contributed by atoms with Crippen molar-refractivity contribution in [2.24, 2.45) is 0 Å². The van der Waals surface area contributed by atoms with E-state index in [1.165, 1.54) is 5.56 Å². The minimum atomic E-state index is 0.271. The average molecular weight is 246 g/mol. The van der Waals surface area contributed by atoms with Crippen molar-refractivity contribution in [2.45, 2.75) is 23.0 Å². The lowest BCUT2D eigenvalue weighted by Crippen LogP contribution is -2.13. The second-order valence-electron chi connectivity index (χ2n) is 3.56. The maximum Gasteiger partial charge on any atom is 0.116 e. The van der Waals surface area contributed by atoms with Crippen molar-refractivity contribution in [1.29, 1.82) is 0 Å². The third-order valence-electron chi connectivity index (χ3n) is 2.46. The highest BCUT2D eigenvalue weighted by Gasteiger charge is 2.11. The van der Waals surface area contributed by atoms with Crippen LogP contribution < -0.4 is 5.32 Å². The Labute approximate surface area is 105 Å². The molecule has 0 aliphatic carbocycles. The molecule has 0 aromatic carbocycles. The van der Waals surface area contributed by atoms with E-state index in [0.29, 0.717) is 0 Å². The van der Waals surface area contributed by atoms with Gasteiger partial charge in [0.25, 0.3) is 0 Å². The molecule has 0 radical (unpaired) electrons. The molecule has 1 unspecified atom stereocenters. The van der Waals surface area contributed by atoms with Crippen molar-refractivity contribution in [3.05, 3.63) is 42.5 Å². The third-order valence-corrected chi connectivity index (χ3v) is 3.44. The van der Waals surface area contributed by atoms with Crippen molar-refractivity contribution in [3.63, 3.8) is 0 Å². The predicted octanol–water partition coefficient (Wildman–Crippen LogP) is 2.30. The molecule has 0 saturated carbocycles. The summed E-state index contributed by atoms with van der Waals surface area (Å²) in [6.45, 7) is 2.11. The lowest BCUT2D eigenvalue weighted by molar-refractivity contribution is 0.634. The Morgan fingerprint density at radius 2 is 2.12 bits per heavy atom. The zero-order valence-electron chi connectivity index (χ0n) is 9.79. The summed E-state index contributed by atoms with van der Waals surface area (Å²) < 4.78 is 0. The van der Waals surface area contributed by atoms with Crippen molar-refractivity contribution in [3.8, 4) is 0 Å².